The summed E-state index contributed by atoms with van der Waals surface area (Å²) in [5.41, 5.74) is 0. The summed E-state index contributed by atoms with van der Waals surface area (Å²) >= 11 is 1.28. The topological polar surface area (TPSA) is 51.2 Å². The van der Waals surface area contributed by atoms with Crippen molar-refractivity contribution in [2.45, 2.75) is 65.2 Å². The van der Waals surface area contributed by atoms with E-state index in [9.17, 15) is 13.2 Å². The van der Waals surface area contributed by atoms with Crippen LogP contribution in [0.15, 0.2) is 0 Å². The molecule has 0 unspecified atom stereocenters. The summed E-state index contributed by atoms with van der Waals surface area (Å²) in [6.07, 6.45) is 8.15. The van der Waals surface area contributed by atoms with E-state index < -0.39 is 9.84 Å². The predicted molar refractivity (Wildman–Crippen MR) is 84.4 cm³/mol. The van der Waals surface area contributed by atoms with E-state index in [4.69, 9.17) is 0 Å². The monoisotopic (exact) mass is 308 g/mol. The van der Waals surface area contributed by atoms with Gasteiger partial charge < -0.3 is 0 Å². The van der Waals surface area contributed by atoms with Crippen LogP contribution in [-0.2, 0) is 14.6 Å². The van der Waals surface area contributed by atoms with Gasteiger partial charge in [0.2, 0.25) is 0 Å². The van der Waals surface area contributed by atoms with Crippen LogP contribution in [0.25, 0.3) is 0 Å². The SMILES string of the molecule is CCCCCCCCS(=O)(=O)CCCCSC(C)=O. The molecular formula is C14H28O3S2. The van der Waals surface area contributed by atoms with Crippen molar-refractivity contribution < 1.29 is 13.2 Å². The van der Waals surface area contributed by atoms with Gasteiger partial charge in [-0.05, 0) is 19.3 Å². The molecule has 0 aromatic carbocycles. The second kappa shape index (κ2) is 11.8. The molecule has 0 amide bonds. The quantitative estimate of drug-likeness (QED) is 0.514. The number of hydrogen-bond acceptors (Lipinski definition) is 4. The molecule has 114 valence electrons. The first-order valence-corrected chi connectivity index (χ1v) is 10.1. The van der Waals surface area contributed by atoms with Gasteiger partial charge in [0.05, 0.1) is 11.5 Å². The number of carbonyl (C=O) groups excluding carboxylic acids is 1. The molecule has 5 heteroatoms. The fraction of sp³-hybridized carbons (Fsp3) is 0.929. The summed E-state index contributed by atoms with van der Waals surface area (Å²) < 4.78 is 23.5. The zero-order chi connectivity index (χ0) is 14.6. The van der Waals surface area contributed by atoms with E-state index in [0.717, 1.165) is 31.4 Å². The fourth-order valence-electron chi connectivity index (χ4n) is 1.84. The zero-order valence-corrected chi connectivity index (χ0v) is 14.0. The molecule has 0 spiro atoms. The Hall–Kier alpha value is -0.0300. The first-order valence-electron chi connectivity index (χ1n) is 7.31. The molecule has 0 aromatic heterocycles. The van der Waals surface area contributed by atoms with Gasteiger partial charge in [0.15, 0.2) is 5.12 Å². The number of carbonyl (C=O) groups is 1. The molecule has 0 bridgehead atoms. The van der Waals surface area contributed by atoms with Crippen molar-refractivity contribution in [1.29, 1.82) is 0 Å². The average molecular weight is 309 g/mol. The number of unbranched alkanes of at least 4 members (excludes halogenated alkanes) is 6. The lowest BCUT2D eigenvalue weighted by atomic mass is 10.1. The predicted octanol–water partition coefficient (Wildman–Crippen LogP) is 3.82. The third-order valence-corrected chi connectivity index (χ3v) is 5.68. The Morgan fingerprint density at radius 3 is 2.00 bits per heavy atom. The van der Waals surface area contributed by atoms with Crippen LogP contribution >= 0.6 is 11.8 Å². The molecule has 0 aromatic rings. The van der Waals surface area contributed by atoms with E-state index in [1.807, 2.05) is 0 Å². The molecule has 0 fully saturated rings. The van der Waals surface area contributed by atoms with Crippen LogP contribution in [-0.4, -0.2) is 30.8 Å². The Balaban J connectivity index is 3.50. The Bertz CT molecular complexity index is 324. The summed E-state index contributed by atoms with van der Waals surface area (Å²) in [5, 5.41) is 0.106. The van der Waals surface area contributed by atoms with E-state index in [1.165, 1.54) is 31.0 Å². The van der Waals surface area contributed by atoms with Crippen molar-refractivity contribution in [3.8, 4) is 0 Å². The average Bonchev–Trinajstić information content (AvgIpc) is 2.32. The molecule has 0 aliphatic heterocycles. The van der Waals surface area contributed by atoms with E-state index >= 15 is 0 Å². The molecule has 3 nitrogen and oxygen atoms in total. The van der Waals surface area contributed by atoms with Gasteiger partial charge in [-0.2, -0.15) is 0 Å². The Kier molecular flexibility index (Phi) is 11.7. The maximum atomic E-state index is 11.7. The molecule has 0 aliphatic rings. The molecule has 0 rings (SSSR count). The van der Waals surface area contributed by atoms with Crippen molar-refractivity contribution >= 4 is 26.7 Å². The normalized spacial score (nSPS) is 11.7. The Morgan fingerprint density at radius 2 is 1.42 bits per heavy atom. The highest BCUT2D eigenvalue weighted by Gasteiger charge is 2.09. The fourth-order valence-corrected chi connectivity index (χ4v) is 3.97. The minimum atomic E-state index is -2.87. The van der Waals surface area contributed by atoms with E-state index in [0.29, 0.717) is 12.2 Å². The lowest BCUT2D eigenvalue weighted by molar-refractivity contribution is -0.109. The zero-order valence-electron chi connectivity index (χ0n) is 12.3. The van der Waals surface area contributed by atoms with Gasteiger partial charge in [-0.3, -0.25) is 4.79 Å². The first kappa shape index (κ1) is 19.0. The third-order valence-electron chi connectivity index (χ3n) is 2.96. The molecule has 0 saturated heterocycles. The molecule has 19 heavy (non-hydrogen) atoms. The standard InChI is InChI=1S/C14H28O3S2/c1-3-4-5-6-7-9-12-19(16,17)13-10-8-11-18-14(2)15/h3-13H2,1-2H3. The summed E-state index contributed by atoms with van der Waals surface area (Å²) in [5.74, 6) is 1.35. The summed E-state index contributed by atoms with van der Waals surface area (Å²) in [4.78, 5) is 10.7. The van der Waals surface area contributed by atoms with Gasteiger partial charge >= 0.3 is 0 Å². The van der Waals surface area contributed by atoms with Crippen molar-refractivity contribution in [2.24, 2.45) is 0 Å². The highest BCUT2D eigenvalue weighted by atomic mass is 32.2. The molecule has 0 radical (unpaired) electrons. The minimum Gasteiger partial charge on any atom is -0.288 e. The van der Waals surface area contributed by atoms with Crippen LogP contribution in [0.3, 0.4) is 0 Å². The van der Waals surface area contributed by atoms with Crippen molar-refractivity contribution in [3.05, 3.63) is 0 Å². The second-order valence-electron chi connectivity index (χ2n) is 4.97. The van der Waals surface area contributed by atoms with Crippen LogP contribution in [0.1, 0.15) is 65.2 Å². The minimum absolute atomic E-state index is 0.106. The molecule has 0 aliphatic carbocycles. The maximum absolute atomic E-state index is 11.7. The Morgan fingerprint density at radius 1 is 0.895 bits per heavy atom. The van der Waals surface area contributed by atoms with Crippen molar-refractivity contribution in [3.63, 3.8) is 0 Å². The lowest BCUT2D eigenvalue weighted by Gasteiger charge is -2.04. The molecule has 0 atom stereocenters. The molecule has 0 saturated carbocycles. The number of sulfone groups is 1. The summed E-state index contributed by atoms with van der Waals surface area (Å²) in [7, 11) is -2.87. The van der Waals surface area contributed by atoms with Crippen LogP contribution in [0.5, 0.6) is 0 Å². The van der Waals surface area contributed by atoms with E-state index in [1.54, 1.807) is 6.92 Å². The number of thioether (sulfide) groups is 1. The molecule has 0 heterocycles. The smallest absolute Gasteiger partial charge is 0.185 e. The van der Waals surface area contributed by atoms with E-state index in [2.05, 4.69) is 6.92 Å². The highest BCUT2D eigenvalue weighted by Crippen LogP contribution is 2.09. The Labute approximate surface area is 122 Å². The molecule has 0 N–H and O–H groups in total. The van der Waals surface area contributed by atoms with Gasteiger partial charge in [-0.1, -0.05) is 50.8 Å². The van der Waals surface area contributed by atoms with Gasteiger partial charge in [-0.15, -0.1) is 0 Å². The van der Waals surface area contributed by atoms with E-state index in [-0.39, 0.29) is 10.9 Å². The number of hydrogen-bond donors (Lipinski definition) is 0. The van der Waals surface area contributed by atoms with Gasteiger partial charge in [-0.25, -0.2) is 8.42 Å². The summed E-state index contributed by atoms with van der Waals surface area (Å²) in [6.45, 7) is 3.72. The maximum Gasteiger partial charge on any atom is 0.185 e. The van der Waals surface area contributed by atoms with Crippen LogP contribution in [0.4, 0.5) is 0 Å². The second-order valence-corrected chi connectivity index (χ2v) is 8.54. The highest BCUT2D eigenvalue weighted by molar-refractivity contribution is 8.13. The van der Waals surface area contributed by atoms with Crippen LogP contribution < -0.4 is 0 Å². The van der Waals surface area contributed by atoms with Crippen molar-refractivity contribution in [1.82, 2.24) is 0 Å². The van der Waals surface area contributed by atoms with Gasteiger partial charge in [0.25, 0.3) is 0 Å². The van der Waals surface area contributed by atoms with Crippen LogP contribution in [0, 0.1) is 0 Å². The summed E-state index contributed by atoms with van der Waals surface area (Å²) in [6, 6.07) is 0. The van der Waals surface area contributed by atoms with Crippen molar-refractivity contribution in [2.75, 3.05) is 17.3 Å². The lowest BCUT2D eigenvalue weighted by Crippen LogP contribution is -2.11. The van der Waals surface area contributed by atoms with Gasteiger partial charge in [0.1, 0.15) is 9.84 Å². The van der Waals surface area contributed by atoms with Crippen LogP contribution in [0.2, 0.25) is 0 Å². The van der Waals surface area contributed by atoms with Gasteiger partial charge in [0, 0.05) is 12.7 Å². The molecular weight excluding hydrogens is 280 g/mol. The number of rotatable bonds is 12. The third kappa shape index (κ3) is 14.2. The largest absolute Gasteiger partial charge is 0.288 e. The first-order chi connectivity index (χ1) is 8.98.